The number of aryl methyl sites for hydroxylation is 1. The van der Waals surface area contributed by atoms with Gasteiger partial charge in [-0.25, -0.2) is 4.68 Å². The van der Waals surface area contributed by atoms with Crippen LogP contribution in [0.5, 0.6) is 0 Å². The van der Waals surface area contributed by atoms with E-state index in [0.717, 1.165) is 67.1 Å². The minimum Gasteiger partial charge on any atom is -0.378 e. The molecule has 0 atom stereocenters. The number of morpholine rings is 1. The van der Waals surface area contributed by atoms with E-state index < -0.39 is 0 Å². The van der Waals surface area contributed by atoms with Gasteiger partial charge in [-0.15, -0.1) is 5.10 Å². The number of ether oxygens (including phenoxy) is 1. The van der Waals surface area contributed by atoms with Crippen LogP contribution in [-0.4, -0.2) is 56.2 Å². The molecule has 1 aromatic carbocycles. The Balaban J connectivity index is 1.40. The number of rotatable bonds is 4. The number of aromatic amines is 1. The second-order valence-electron chi connectivity index (χ2n) is 7.20. The summed E-state index contributed by atoms with van der Waals surface area (Å²) >= 11 is 6.53. The molecule has 1 saturated heterocycles. The number of nitrogens with one attached hydrogen (secondary N) is 2. The third-order valence-corrected chi connectivity index (χ3v) is 5.73. The van der Waals surface area contributed by atoms with E-state index in [-0.39, 0.29) is 0 Å². The van der Waals surface area contributed by atoms with Gasteiger partial charge in [0.05, 0.1) is 35.6 Å². The van der Waals surface area contributed by atoms with Crippen molar-refractivity contribution >= 4 is 39.7 Å². The molecule has 3 aromatic rings. The highest BCUT2D eigenvalue weighted by Gasteiger charge is 2.19. The van der Waals surface area contributed by atoms with E-state index in [1.54, 1.807) is 10.9 Å². The predicted octanol–water partition coefficient (Wildman–Crippen LogP) is 3.48. The first-order valence-electron chi connectivity index (χ1n) is 9.72. The SMILES string of the molecule is Cn1nc(C2=CC(N3CCOCC3)=CCC2)nc1Nc1ccc2[nH]ncc2c1Cl. The van der Waals surface area contributed by atoms with Gasteiger partial charge >= 0.3 is 0 Å². The largest absolute Gasteiger partial charge is 0.378 e. The monoisotopic (exact) mass is 411 g/mol. The van der Waals surface area contributed by atoms with Crippen LogP contribution in [0.25, 0.3) is 16.5 Å². The van der Waals surface area contributed by atoms with Crippen LogP contribution in [0.2, 0.25) is 5.02 Å². The summed E-state index contributed by atoms with van der Waals surface area (Å²) in [7, 11) is 1.88. The molecule has 29 heavy (non-hydrogen) atoms. The molecule has 1 aliphatic carbocycles. The van der Waals surface area contributed by atoms with Gasteiger partial charge in [0.2, 0.25) is 5.95 Å². The molecule has 0 saturated carbocycles. The van der Waals surface area contributed by atoms with Crippen LogP contribution in [0.1, 0.15) is 18.7 Å². The standard InChI is InChI=1S/C20H22ClN7O/c1-27-20(23-17-6-5-16-15(18(17)21)12-22-25-16)24-19(26-27)13-3-2-4-14(11-13)28-7-9-29-10-8-28/h4-6,11-12H,2-3,7-10H2,1H3,(H,22,25)(H,23,24,26). The van der Waals surface area contributed by atoms with Gasteiger partial charge in [0.15, 0.2) is 5.82 Å². The second kappa shape index (κ2) is 7.53. The van der Waals surface area contributed by atoms with Gasteiger partial charge in [0.1, 0.15) is 0 Å². The Morgan fingerprint density at radius 1 is 1.24 bits per heavy atom. The molecule has 2 aliphatic rings. The van der Waals surface area contributed by atoms with Crippen LogP contribution in [0.3, 0.4) is 0 Å². The Labute approximate surface area is 173 Å². The van der Waals surface area contributed by atoms with Gasteiger partial charge in [0, 0.05) is 36.8 Å². The van der Waals surface area contributed by atoms with Crippen molar-refractivity contribution in [3.8, 4) is 0 Å². The summed E-state index contributed by atoms with van der Waals surface area (Å²) in [6, 6.07) is 3.85. The molecule has 2 N–H and O–H groups in total. The molecule has 0 unspecified atom stereocenters. The van der Waals surface area contributed by atoms with E-state index in [1.165, 1.54) is 5.70 Å². The topological polar surface area (TPSA) is 83.9 Å². The lowest BCUT2D eigenvalue weighted by molar-refractivity contribution is 0.0552. The summed E-state index contributed by atoms with van der Waals surface area (Å²) in [5.74, 6) is 1.39. The average Bonchev–Trinajstić information content (AvgIpc) is 3.38. The van der Waals surface area contributed by atoms with Crippen LogP contribution in [0.15, 0.2) is 36.2 Å². The molecule has 3 heterocycles. The lowest BCUT2D eigenvalue weighted by Crippen LogP contribution is -2.35. The summed E-state index contributed by atoms with van der Waals surface area (Å²) in [5, 5.41) is 16.4. The number of fused-ring (bicyclic) bond motifs is 1. The summed E-state index contributed by atoms with van der Waals surface area (Å²) in [5.41, 5.74) is 4.06. The maximum absolute atomic E-state index is 6.53. The number of hydrogen-bond donors (Lipinski definition) is 2. The minimum absolute atomic E-state index is 0.607. The lowest BCUT2D eigenvalue weighted by atomic mass is 10.0. The number of H-pyrrole nitrogens is 1. The van der Waals surface area contributed by atoms with Crippen LogP contribution in [-0.2, 0) is 11.8 Å². The first-order valence-corrected chi connectivity index (χ1v) is 10.1. The van der Waals surface area contributed by atoms with Gasteiger partial charge in [-0.05, 0) is 31.1 Å². The number of nitrogens with zero attached hydrogens (tertiary/aromatic N) is 5. The highest BCUT2D eigenvalue weighted by Crippen LogP contribution is 2.32. The fourth-order valence-electron chi connectivity index (χ4n) is 3.73. The molecular weight excluding hydrogens is 390 g/mol. The Hall–Kier alpha value is -2.84. The van der Waals surface area contributed by atoms with Crippen molar-refractivity contribution in [3.63, 3.8) is 0 Å². The first-order chi connectivity index (χ1) is 14.2. The van der Waals surface area contributed by atoms with Crippen molar-refractivity contribution in [1.82, 2.24) is 29.9 Å². The molecule has 0 bridgehead atoms. The molecule has 9 heteroatoms. The Kier molecular flexibility index (Phi) is 4.73. The van der Waals surface area contributed by atoms with Crippen molar-refractivity contribution in [2.24, 2.45) is 7.05 Å². The van der Waals surface area contributed by atoms with Crippen molar-refractivity contribution < 1.29 is 4.74 Å². The highest BCUT2D eigenvalue weighted by molar-refractivity contribution is 6.38. The van der Waals surface area contributed by atoms with E-state index in [1.807, 2.05) is 19.2 Å². The molecule has 0 radical (unpaired) electrons. The molecule has 8 nitrogen and oxygen atoms in total. The third-order valence-electron chi connectivity index (χ3n) is 5.32. The van der Waals surface area contributed by atoms with Crippen LogP contribution in [0.4, 0.5) is 11.6 Å². The lowest BCUT2D eigenvalue weighted by Gasteiger charge is -2.31. The van der Waals surface area contributed by atoms with Crippen molar-refractivity contribution in [2.45, 2.75) is 12.8 Å². The van der Waals surface area contributed by atoms with Crippen molar-refractivity contribution in [2.75, 3.05) is 31.6 Å². The summed E-state index contributed by atoms with van der Waals surface area (Å²) in [6.07, 6.45) is 8.13. The summed E-state index contributed by atoms with van der Waals surface area (Å²) in [6.45, 7) is 3.40. The Morgan fingerprint density at radius 3 is 2.97 bits per heavy atom. The van der Waals surface area contributed by atoms with Gasteiger partial charge in [-0.2, -0.15) is 10.1 Å². The number of halogens is 1. The van der Waals surface area contributed by atoms with Crippen LogP contribution >= 0.6 is 11.6 Å². The predicted molar refractivity (Wildman–Crippen MR) is 113 cm³/mol. The highest BCUT2D eigenvalue weighted by atomic mass is 35.5. The normalized spacial score (nSPS) is 17.4. The van der Waals surface area contributed by atoms with E-state index in [0.29, 0.717) is 11.0 Å². The van der Waals surface area contributed by atoms with Crippen LogP contribution in [0, 0.1) is 0 Å². The number of benzene rings is 1. The van der Waals surface area contributed by atoms with Crippen molar-refractivity contribution in [3.05, 3.63) is 47.0 Å². The van der Waals surface area contributed by atoms with E-state index in [4.69, 9.17) is 21.3 Å². The van der Waals surface area contributed by atoms with E-state index in [2.05, 4.69) is 37.7 Å². The smallest absolute Gasteiger partial charge is 0.225 e. The first kappa shape index (κ1) is 18.2. The number of aromatic nitrogens is 5. The number of hydrogen-bond acceptors (Lipinski definition) is 6. The summed E-state index contributed by atoms with van der Waals surface area (Å²) < 4.78 is 7.22. The number of allylic oxidation sites excluding steroid dienone is 3. The average molecular weight is 412 g/mol. The zero-order valence-corrected chi connectivity index (χ0v) is 16.9. The van der Waals surface area contributed by atoms with Crippen molar-refractivity contribution in [1.29, 1.82) is 0 Å². The quantitative estimate of drug-likeness (QED) is 0.683. The maximum atomic E-state index is 6.53. The molecule has 1 aliphatic heterocycles. The molecule has 150 valence electrons. The molecule has 5 rings (SSSR count). The third kappa shape index (κ3) is 3.49. The maximum Gasteiger partial charge on any atom is 0.225 e. The molecule has 1 fully saturated rings. The zero-order valence-electron chi connectivity index (χ0n) is 16.2. The Morgan fingerprint density at radius 2 is 2.10 bits per heavy atom. The fraction of sp³-hybridized carbons (Fsp3) is 0.350. The van der Waals surface area contributed by atoms with Gasteiger partial charge in [-0.3, -0.25) is 5.10 Å². The van der Waals surface area contributed by atoms with Gasteiger partial charge in [0.25, 0.3) is 0 Å². The van der Waals surface area contributed by atoms with Gasteiger partial charge in [-0.1, -0.05) is 17.7 Å². The molecule has 0 amide bonds. The molecular formula is C20H22ClN7O. The van der Waals surface area contributed by atoms with E-state index in [9.17, 15) is 0 Å². The molecule has 2 aromatic heterocycles. The Bertz CT molecular complexity index is 1110. The van der Waals surface area contributed by atoms with Crippen LogP contribution < -0.4 is 5.32 Å². The summed E-state index contributed by atoms with van der Waals surface area (Å²) in [4.78, 5) is 7.10. The fourth-order valence-corrected chi connectivity index (χ4v) is 3.99. The van der Waals surface area contributed by atoms with E-state index >= 15 is 0 Å². The second-order valence-corrected chi connectivity index (χ2v) is 7.58. The van der Waals surface area contributed by atoms with Gasteiger partial charge < -0.3 is 15.0 Å². The minimum atomic E-state index is 0.607. The number of anilines is 2. The molecule has 0 spiro atoms. The zero-order chi connectivity index (χ0) is 19.8.